The van der Waals surface area contributed by atoms with Gasteiger partial charge in [-0.05, 0) is 31.7 Å². The number of likely N-dealkylation sites (N-methyl/N-ethyl adjacent to an activating group) is 2. The molecule has 1 aliphatic rings. The highest BCUT2D eigenvalue weighted by Gasteiger charge is 2.36. The summed E-state index contributed by atoms with van der Waals surface area (Å²) in [5.74, 6) is 0.734. The van der Waals surface area contributed by atoms with Crippen LogP contribution in [0.15, 0.2) is 18.2 Å². The number of rotatable bonds is 4. The molecule has 0 radical (unpaired) electrons. The third kappa shape index (κ3) is 2.51. The number of amides is 2. The number of methoxy groups -OCH3 is 1. The van der Waals surface area contributed by atoms with Gasteiger partial charge in [0.2, 0.25) is 0 Å². The molecule has 5 heteroatoms. The topological polar surface area (TPSA) is 44.8 Å². The fourth-order valence-corrected chi connectivity index (χ4v) is 2.41. The van der Waals surface area contributed by atoms with Gasteiger partial charge in [-0.15, -0.1) is 0 Å². The van der Waals surface area contributed by atoms with Crippen molar-refractivity contribution in [3.05, 3.63) is 23.8 Å². The summed E-state index contributed by atoms with van der Waals surface area (Å²) >= 11 is 0. The maximum Gasteiger partial charge on any atom is 0.324 e. The second-order valence-electron chi connectivity index (χ2n) is 4.89. The SMILES string of the molecule is CNCC1CN(c2cc(C)ccc2OC)C(=O)N1C. The van der Waals surface area contributed by atoms with E-state index in [0.717, 1.165) is 23.5 Å². The number of nitrogens with zero attached hydrogens (tertiary/aromatic N) is 2. The minimum absolute atomic E-state index is 0.0177. The molecule has 1 atom stereocenters. The molecule has 2 rings (SSSR count). The third-order valence-corrected chi connectivity index (χ3v) is 3.54. The number of aryl methyl sites for hydroxylation is 1. The lowest BCUT2D eigenvalue weighted by atomic mass is 10.2. The van der Waals surface area contributed by atoms with E-state index in [1.807, 2.05) is 39.2 Å². The van der Waals surface area contributed by atoms with Crippen LogP contribution in [-0.2, 0) is 0 Å². The molecular formula is C14H21N3O2. The molecule has 1 aromatic carbocycles. The van der Waals surface area contributed by atoms with E-state index in [1.54, 1.807) is 16.9 Å². The van der Waals surface area contributed by atoms with Gasteiger partial charge >= 0.3 is 6.03 Å². The first-order chi connectivity index (χ1) is 9.08. The predicted molar refractivity (Wildman–Crippen MR) is 76.0 cm³/mol. The summed E-state index contributed by atoms with van der Waals surface area (Å²) in [6.45, 7) is 3.47. The fraction of sp³-hybridized carbons (Fsp3) is 0.500. The largest absolute Gasteiger partial charge is 0.495 e. The molecule has 1 saturated heterocycles. The number of anilines is 1. The summed E-state index contributed by atoms with van der Waals surface area (Å²) in [5.41, 5.74) is 1.96. The molecule has 0 saturated carbocycles. The molecule has 0 aromatic heterocycles. The average Bonchev–Trinajstić information content (AvgIpc) is 2.67. The number of carbonyl (C=O) groups is 1. The minimum atomic E-state index is 0.0177. The minimum Gasteiger partial charge on any atom is -0.495 e. The molecule has 1 aliphatic heterocycles. The molecule has 19 heavy (non-hydrogen) atoms. The van der Waals surface area contributed by atoms with E-state index in [1.165, 1.54) is 0 Å². The van der Waals surface area contributed by atoms with E-state index in [0.29, 0.717) is 6.54 Å². The number of urea groups is 1. The lowest BCUT2D eigenvalue weighted by molar-refractivity contribution is 0.218. The van der Waals surface area contributed by atoms with Crippen LogP contribution in [0, 0.1) is 6.92 Å². The number of ether oxygens (including phenoxy) is 1. The molecule has 1 fully saturated rings. The van der Waals surface area contributed by atoms with Crippen LogP contribution < -0.4 is 15.0 Å². The van der Waals surface area contributed by atoms with Crippen LogP contribution in [0.2, 0.25) is 0 Å². The molecule has 0 aliphatic carbocycles. The third-order valence-electron chi connectivity index (χ3n) is 3.54. The predicted octanol–water partition coefficient (Wildman–Crippen LogP) is 1.46. The van der Waals surface area contributed by atoms with Crippen molar-refractivity contribution in [1.29, 1.82) is 0 Å². The zero-order valence-electron chi connectivity index (χ0n) is 11.9. The monoisotopic (exact) mass is 263 g/mol. The smallest absolute Gasteiger partial charge is 0.324 e. The van der Waals surface area contributed by atoms with E-state index in [-0.39, 0.29) is 12.1 Å². The molecule has 2 amide bonds. The summed E-state index contributed by atoms with van der Waals surface area (Å²) in [5, 5.41) is 3.12. The van der Waals surface area contributed by atoms with Crippen molar-refractivity contribution in [3.8, 4) is 5.75 Å². The first kappa shape index (κ1) is 13.7. The normalized spacial score (nSPS) is 19.2. The zero-order valence-corrected chi connectivity index (χ0v) is 11.9. The lowest BCUT2D eigenvalue weighted by Crippen LogP contribution is -2.37. The van der Waals surface area contributed by atoms with Crippen molar-refractivity contribution in [1.82, 2.24) is 10.2 Å². The molecule has 1 unspecified atom stereocenters. The van der Waals surface area contributed by atoms with Crippen molar-refractivity contribution in [2.75, 3.05) is 39.2 Å². The number of nitrogens with one attached hydrogen (secondary N) is 1. The van der Waals surface area contributed by atoms with E-state index in [2.05, 4.69) is 5.32 Å². The van der Waals surface area contributed by atoms with Crippen LogP contribution in [0.1, 0.15) is 5.56 Å². The van der Waals surface area contributed by atoms with Gasteiger partial charge in [0.05, 0.1) is 18.8 Å². The molecule has 0 spiro atoms. The standard InChI is InChI=1S/C14H21N3O2/c1-10-5-6-13(19-4)12(7-10)17-9-11(8-15-2)16(3)14(17)18/h5-7,11,15H,8-9H2,1-4H3. The highest BCUT2D eigenvalue weighted by Crippen LogP contribution is 2.32. The molecular weight excluding hydrogens is 242 g/mol. The van der Waals surface area contributed by atoms with Gasteiger partial charge in [0.15, 0.2) is 0 Å². The number of hydrogen-bond donors (Lipinski definition) is 1. The van der Waals surface area contributed by atoms with Crippen molar-refractivity contribution >= 4 is 11.7 Å². The van der Waals surface area contributed by atoms with Crippen LogP contribution in [0.3, 0.4) is 0 Å². The Morgan fingerprint density at radius 3 is 2.84 bits per heavy atom. The highest BCUT2D eigenvalue weighted by molar-refractivity contribution is 5.96. The van der Waals surface area contributed by atoms with Crippen molar-refractivity contribution in [2.45, 2.75) is 13.0 Å². The Morgan fingerprint density at radius 1 is 1.47 bits per heavy atom. The Balaban J connectivity index is 2.32. The van der Waals surface area contributed by atoms with Gasteiger partial charge in [0.1, 0.15) is 5.75 Å². The van der Waals surface area contributed by atoms with Crippen LogP contribution in [-0.4, -0.2) is 51.3 Å². The summed E-state index contributed by atoms with van der Waals surface area (Å²) in [6.07, 6.45) is 0. The quantitative estimate of drug-likeness (QED) is 0.894. The first-order valence-electron chi connectivity index (χ1n) is 6.42. The van der Waals surface area contributed by atoms with Crippen LogP contribution in [0.4, 0.5) is 10.5 Å². The van der Waals surface area contributed by atoms with Gasteiger partial charge < -0.3 is 15.0 Å². The Hall–Kier alpha value is -1.75. The van der Waals surface area contributed by atoms with Crippen LogP contribution in [0.25, 0.3) is 0 Å². The molecule has 1 aromatic rings. The summed E-state index contributed by atoms with van der Waals surface area (Å²) in [7, 11) is 5.37. The van der Waals surface area contributed by atoms with E-state index in [9.17, 15) is 4.79 Å². The van der Waals surface area contributed by atoms with E-state index in [4.69, 9.17) is 4.74 Å². The Kier molecular flexibility index (Phi) is 3.95. The van der Waals surface area contributed by atoms with E-state index < -0.39 is 0 Å². The number of benzene rings is 1. The second kappa shape index (κ2) is 5.48. The highest BCUT2D eigenvalue weighted by atomic mass is 16.5. The van der Waals surface area contributed by atoms with Gasteiger partial charge in [-0.2, -0.15) is 0 Å². The van der Waals surface area contributed by atoms with Crippen LogP contribution >= 0.6 is 0 Å². The summed E-state index contributed by atoms with van der Waals surface area (Å²) in [6, 6.07) is 6.08. The first-order valence-corrected chi connectivity index (χ1v) is 6.42. The van der Waals surface area contributed by atoms with Gasteiger partial charge in [0.25, 0.3) is 0 Å². The Morgan fingerprint density at radius 2 is 2.21 bits per heavy atom. The molecule has 5 nitrogen and oxygen atoms in total. The van der Waals surface area contributed by atoms with Gasteiger partial charge in [0, 0.05) is 20.1 Å². The van der Waals surface area contributed by atoms with E-state index >= 15 is 0 Å². The number of hydrogen-bond acceptors (Lipinski definition) is 3. The van der Waals surface area contributed by atoms with Crippen LogP contribution in [0.5, 0.6) is 5.75 Å². The maximum absolute atomic E-state index is 12.3. The maximum atomic E-state index is 12.3. The second-order valence-corrected chi connectivity index (χ2v) is 4.89. The van der Waals surface area contributed by atoms with Crippen molar-refractivity contribution < 1.29 is 9.53 Å². The fourth-order valence-electron chi connectivity index (χ4n) is 2.41. The number of carbonyl (C=O) groups excluding carboxylic acids is 1. The van der Waals surface area contributed by atoms with Crippen molar-refractivity contribution in [2.24, 2.45) is 0 Å². The summed E-state index contributed by atoms with van der Waals surface area (Å²) in [4.78, 5) is 15.9. The zero-order chi connectivity index (χ0) is 14.0. The molecule has 104 valence electrons. The molecule has 1 N–H and O–H groups in total. The Labute approximate surface area is 114 Å². The Bertz CT molecular complexity index is 476. The molecule has 1 heterocycles. The lowest BCUT2D eigenvalue weighted by Gasteiger charge is -2.19. The average molecular weight is 263 g/mol. The van der Waals surface area contributed by atoms with Gasteiger partial charge in [-0.1, -0.05) is 6.07 Å². The molecule has 0 bridgehead atoms. The summed E-state index contributed by atoms with van der Waals surface area (Å²) < 4.78 is 5.36. The van der Waals surface area contributed by atoms with Crippen molar-refractivity contribution in [3.63, 3.8) is 0 Å². The van der Waals surface area contributed by atoms with Gasteiger partial charge in [-0.25, -0.2) is 4.79 Å². The van der Waals surface area contributed by atoms with Gasteiger partial charge in [-0.3, -0.25) is 4.90 Å².